The monoisotopic (exact) mass is 392 g/mol. The van der Waals surface area contributed by atoms with Gasteiger partial charge in [-0.05, 0) is 75.0 Å². The van der Waals surface area contributed by atoms with Crippen LogP contribution in [0, 0.1) is 17.7 Å². The van der Waals surface area contributed by atoms with E-state index in [0.29, 0.717) is 12.6 Å². The van der Waals surface area contributed by atoms with Gasteiger partial charge >= 0.3 is 5.97 Å². The number of carbonyl (C=O) groups excluding carboxylic acids is 1. The van der Waals surface area contributed by atoms with Crippen molar-refractivity contribution in [3.05, 3.63) is 29.6 Å². The Balaban J connectivity index is 1.47. The fraction of sp³-hybridized carbons (Fsp3) is 0.619. The summed E-state index contributed by atoms with van der Waals surface area (Å²) in [6.07, 6.45) is 6.72. The van der Waals surface area contributed by atoms with Gasteiger partial charge in [-0.3, -0.25) is 4.79 Å². The number of likely N-dealkylation sites (N-methyl/N-ethyl adjacent to an activating group) is 1. The first-order valence-electron chi connectivity index (χ1n) is 10.0. The molecule has 7 heteroatoms. The van der Waals surface area contributed by atoms with E-state index in [1.54, 1.807) is 0 Å². The van der Waals surface area contributed by atoms with Crippen molar-refractivity contribution >= 4 is 11.9 Å². The van der Waals surface area contributed by atoms with Crippen molar-refractivity contribution in [3.63, 3.8) is 0 Å². The number of ether oxygens (including phenoxy) is 1. The fourth-order valence-electron chi connectivity index (χ4n) is 4.06. The summed E-state index contributed by atoms with van der Waals surface area (Å²) in [4.78, 5) is 25.4. The SMILES string of the molecule is CN(C(=O)[C@@H](N)C1CCC(COc2cc(C(=O)O)ccc2F)CC1)C1CCC1. The van der Waals surface area contributed by atoms with Crippen molar-refractivity contribution in [1.29, 1.82) is 0 Å². The second-order valence-corrected chi connectivity index (χ2v) is 8.10. The molecule has 2 aliphatic rings. The third-order valence-electron chi connectivity index (χ3n) is 6.31. The molecule has 2 aliphatic carbocycles. The Kier molecular flexibility index (Phi) is 6.54. The van der Waals surface area contributed by atoms with Gasteiger partial charge in [0.1, 0.15) is 0 Å². The van der Waals surface area contributed by atoms with Gasteiger partial charge in [-0.1, -0.05) is 0 Å². The Morgan fingerprint density at radius 1 is 1.25 bits per heavy atom. The molecule has 0 radical (unpaired) electrons. The zero-order valence-electron chi connectivity index (χ0n) is 16.3. The van der Waals surface area contributed by atoms with Crippen LogP contribution in [0.25, 0.3) is 0 Å². The van der Waals surface area contributed by atoms with Crippen LogP contribution >= 0.6 is 0 Å². The third-order valence-corrected chi connectivity index (χ3v) is 6.31. The van der Waals surface area contributed by atoms with Crippen LogP contribution < -0.4 is 10.5 Å². The second-order valence-electron chi connectivity index (χ2n) is 8.10. The summed E-state index contributed by atoms with van der Waals surface area (Å²) < 4.78 is 19.4. The van der Waals surface area contributed by atoms with Crippen molar-refractivity contribution in [2.24, 2.45) is 17.6 Å². The summed E-state index contributed by atoms with van der Waals surface area (Å²) in [5, 5.41) is 9.01. The summed E-state index contributed by atoms with van der Waals surface area (Å²) in [5.74, 6) is -1.26. The Bertz CT molecular complexity index is 714. The van der Waals surface area contributed by atoms with Gasteiger partial charge in [0.15, 0.2) is 11.6 Å². The molecule has 3 N–H and O–H groups in total. The van der Waals surface area contributed by atoms with Crippen molar-refractivity contribution in [2.75, 3.05) is 13.7 Å². The zero-order valence-corrected chi connectivity index (χ0v) is 16.3. The lowest BCUT2D eigenvalue weighted by molar-refractivity contribution is -0.136. The highest BCUT2D eigenvalue weighted by atomic mass is 19.1. The lowest BCUT2D eigenvalue weighted by atomic mass is 9.78. The summed E-state index contributed by atoms with van der Waals surface area (Å²) in [5.41, 5.74) is 6.26. The van der Waals surface area contributed by atoms with Crippen LogP contribution in [-0.4, -0.2) is 47.6 Å². The molecule has 0 heterocycles. The molecule has 2 saturated carbocycles. The average molecular weight is 392 g/mol. The molecule has 1 aromatic carbocycles. The number of carboxylic acid groups (broad SMARTS) is 1. The highest BCUT2D eigenvalue weighted by molar-refractivity contribution is 5.88. The van der Waals surface area contributed by atoms with Crippen LogP contribution in [-0.2, 0) is 4.79 Å². The maximum absolute atomic E-state index is 13.8. The van der Waals surface area contributed by atoms with Crippen LogP contribution in [0.3, 0.4) is 0 Å². The van der Waals surface area contributed by atoms with Crippen molar-refractivity contribution in [2.45, 2.75) is 57.0 Å². The number of halogens is 1. The summed E-state index contributed by atoms with van der Waals surface area (Å²) in [6, 6.07) is 3.43. The molecule has 154 valence electrons. The van der Waals surface area contributed by atoms with Crippen molar-refractivity contribution in [1.82, 2.24) is 4.90 Å². The number of hydrogen-bond donors (Lipinski definition) is 2. The molecular formula is C21H29FN2O4. The van der Waals surface area contributed by atoms with Gasteiger partial charge in [0.05, 0.1) is 18.2 Å². The Labute approximate surface area is 164 Å². The normalized spacial score (nSPS) is 23.5. The Hall–Kier alpha value is -2.15. The van der Waals surface area contributed by atoms with Gasteiger partial charge in [-0.25, -0.2) is 9.18 Å². The highest BCUT2D eigenvalue weighted by Crippen LogP contribution is 2.33. The fourth-order valence-corrected chi connectivity index (χ4v) is 4.06. The Morgan fingerprint density at radius 3 is 2.50 bits per heavy atom. The van der Waals surface area contributed by atoms with Gasteiger partial charge < -0.3 is 20.5 Å². The molecule has 3 rings (SSSR count). The largest absolute Gasteiger partial charge is 0.490 e. The van der Waals surface area contributed by atoms with Crippen LogP contribution in [0.4, 0.5) is 4.39 Å². The number of rotatable bonds is 7. The molecule has 0 spiro atoms. The highest BCUT2D eigenvalue weighted by Gasteiger charge is 2.34. The summed E-state index contributed by atoms with van der Waals surface area (Å²) >= 11 is 0. The molecule has 0 aromatic heterocycles. The van der Waals surface area contributed by atoms with E-state index in [0.717, 1.165) is 44.6 Å². The quantitative estimate of drug-likeness (QED) is 0.744. The van der Waals surface area contributed by atoms with E-state index in [2.05, 4.69) is 0 Å². The minimum atomic E-state index is -1.11. The molecule has 0 saturated heterocycles. The second kappa shape index (κ2) is 8.90. The number of hydrogen-bond acceptors (Lipinski definition) is 4. The van der Waals surface area contributed by atoms with E-state index in [4.69, 9.17) is 15.6 Å². The summed E-state index contributed by atoms with van der Waals surface area (Å²) in [6.45, 7) is 0.331. The van der Waals surface area contributed by atoms with Gasteiger partial charge in [-0.2, -0.15) is 0 Å². The van der Waals surface area contributed by atoms with Gasteiger partial charge in [0, 0.05) is 13.1 Å². The van der Waals surface area contributed by atoms with Gasteiger partial charge in [0.25, 0.3) is 0 Å². The molecule has 28 heavy (non-hydrogen) atoms. The van der Waals surface area contributed by atoms with Gasteiger partial charge in [-0.15, -0.1) is 0 Å². The van der Waals surface area contributed by atoms with E-state index in [-0.39, 0.29) is 29.1 Å². The smallest absolute Gasteiger partial charge is 0.335 e. The lowest BCUT2D eigenvalue weighted by Gasteiger charge is -2.38. The van der Waals surface area contributed by atoms with E-state index in [1.807, 2.05) is 11.9 Å². The minimum absolute atomic E-state index is 0.000164. The molecule has 0 bridgehead atoms. The van der Waals surface area contributed by atoms with E-state index < -0.39 is 17.8 Å². The molecule has 1 amide bonds. The molecular weight excluding hydrogens is 363 g/mol. The molecule has 0 unspecified atom stereocenters. The molecule has 1 aromatic rings. The molecule has 0 aliphatic heterocycles. The number of carboxylic acids is 1. The van der Waals surface area contributed by atoms with Crippen molar-refractivity contribution in [3.8, 4) is 5.75 Å². The van der Waals surface area contributed by atoms with E-state index >= 15 is 0 Å². The third kappa shape index (κ3) is 4.63. The van der Waals surface area contributed by atoms with Crippen LogP contribution in [0.5, 0.6) is 5.75 Å². The van der Waals surface area contributed by atoms with Crippen LogP contribution in [0.1, 0.15) is 55.3 Å². The summed E-state index contributed by atoms with van der Waals surface area (Å²) in [7, 11) is 1.85. The van der Waals surface area contributed by atoms with Crippen LogP contribution in [0.15, 0.2) is 18.2 Å². The topological polar surface area (TPSA) is 92.9 Å². The number of aromatic carboxylic acids is 1. The molecule has 6 nitrogen and oxygen atoms in total. The number of nitrogens with zero attached hydrogens (tertiary/aromatic N) is 1. The maximum atomic E-state index is 13.8. The first-order valence-corrected chi connectivity index (χ1v) is 10.0. The average Bonchev–Trinajstić information content (AvgIpc) is 2.65. The van der Waals surface area contributed by atoms with Crippen molar-refractivity contribution < 1.29 is 23.8 Å². The minimum Gasteiger partial charge on any atom is -0.490 e. The predicted octanol–water partition coefficient (Wildman–Crippen LogP) is 3.05. The van der Waals surface area contributed by atoms with Crippen LogP contribution in [0.2, 0.25) is 0 Å². The maximum Gasteiger partial charge on any atom is 0.335 e. The Morgan fingerprint density at radius 2 is 1.93 bits per heavy atom. The lowest BCUT2D eigenvalue weighted by Crippen LogP contribution is -2.52. The standard InChI is InChI=1S/C21H29FN2O4/c1-24(16-3-2-4-16)20(25)19(23)14-7-5-13(6-8-14)12-28-18-11-15(21(26)27)9-10-17(18)22/h9-11,13-14,16,19H,2-8,12,23H2,1H3,(H,26,27)/t13?,14?,19-/m0/s1. The number of carbonyl (C=O) groups is 2. The number of amides is 1. The first kappa shape index (κ1) is 20.6. The van der Waals surface area contributed by atoms with Gasteiger partial charge in [0.2, 0.25) is 5.91 Å². The van der Waals surface area contributed by atoms with E-state index in [1.165, 1.54) is 18.6 Å². The number of benzene rings is 1. The number of nitrogens with two attached hydrogens (primary N) is 1. The molecule has 1 atom stereocenters. The first-order chi connectivity index (χ1) is 13.4. The van der Waals surface area contributed by atoms with E-state index in [9.17, 15) is 14.0 Å². The zero-order chi connectivity index (χ0) is 20.3. The molecule has 2 fully saturated rings. The predicted molar refractivity (Wildman–Crippen MR) is 103 cm³/mol.